The molecule has 0 aromatic heterocycles. The molecular formula is C21H39N3O11. The van der Waals surface area contributed by atoms with Crippen LogP contribution in [0.25, 0.3) is 0 Å². The predicted molar refractivity (Wildman–Crippen MR) is 119 cm³/mol. The van der Waals surface area contributed by atoms with Crippen molar-refractivity contribution in [3.63, 3.8) is 0 Å². The van der Waals surface area contributed by atoms with Crippen molar-refractivity contribution in [2.45, 2.75) is 88.5 Å². The molecule has 8 N–H and O–H groups in total. The van der Waals surface area contributed by atoms with Crippen molar-refractivity contribution in [1.82, 2.24) is 15.5 Å². The summed E-state index contributed by atoms with van der Waals surface area (Å²) in [6, 6.07) is -1.34. The smallest absolute Gasteiger partial charge is 0.252 e. The van der Waals surface area contributed by atoms with Crippen molar-refractivity contribution in [3.05, 3.63) is 0 Å². The van der Waals surface area contributed by atoms with Gasteiger partial charge in [-0.3, -0.25) is 9.59 Å². The number of nitrogens with zero attached hydrogens (tertiary/aromatic N) is 1. The quantitative estimate of drug-likeness (QED) is 0.124. The van der Waals surface area contributed by atoms with Crippen molar-refractivity contribution in [2.75, 3.05) is 32.8 Å². The first kappa shape index (κ1) is 29.8. The second kappa shape index (κ2) is 13.7. The van der Waals surface area contributed by atoms with E-state index in [-0.39, 0.29) is 6.54 Å². The lowest BCUT2D eigenvalue weighted by molar-refractivity contribution is -0.335. The maximum Gasteiger partial charge on any atom is 0.252 e. The van der Waals surface area contributed by atoms with Gasteiger partial charge in [-0.25, -0.2) is 0 Å². The van der Waals surface area contributed by atoms with E-state index >= 15 is 0 Å². The predicted octanol–water partition coefficient (Wildman–Crippen LogP) is -4.40. The number of carbonyl (C=O) groups is 2. The Labute approximate surface area is 203 Å². The highest BCUT2D eigenvalue weighted by molar-refractivity contribution is 5.81. The van der Waals surface area contributed by atoms with Crippen LogP contribution >= 0.6 is 0 Å². The zero-order valence-corrected chi connectivity index (χ0v) is 20.2. The molecule has 14 heteroatoms. The second-order valence-electron chi connectivity index (χ2n) is 8.63. The van der Waals surface area contributed by atoms with E-state index in [9.17, 15) is 40.2 Å². The number of carbonyl (C=O) groups excluding carboxylic acids is 2. The van der Waals surface area contributed by atoms with Crippen LogP contribution in [-0.4, -0.2) is 141 Å². The highest BCUT2D eigenvalue weighted by Crippen LogP contribution is 2.28. The fourth-order valence-corrected chi connectivity index (χ4v) is 4.12. The molecule has 14 nitrogen and oxygen atoms in total. The van der Waals surface area contributed by atoms with Gasteiger partial charge in [0.15, 0.2) is 18.7 Å². The number of rotatable bonds is 11. The summed E-state index contributed by atoms with van der Waals surface area (Å²) >= 11 is 0. The molecule has 0 spiro atoms. The summed E-state index contributed by atoms with van der Waals surface area (Å²) in [4.78, 5) is 26.4. The van der Waals surface area contributed by atoms with Gasteiger partial charge in [0.1, 0.15) is 42.7 Å². The van der Waals surface area contributed by atoms with Crippen molar-refractivity contribution in [2.24, 2.45) is 0 Å². The first-order chi connectivity index (χ1) is 16.5. The molecule has 2 aliphatic rings. The highest BCUT2D eigenvalue weighted by Gasteiger charge is 2.52. The van der Waals surface area contributed by atoms with E-state index in [0.717, 1.165) is 26.6 Å². The van der Waals surface area contributed by atoms with Gasteiger partial charge in [-0.2, -0.15) is 0 Å². The average Bonchev–Trinajstić information content (AvgIpc) is 2.82. The zero-order chi connectivity index (χ0) is 26.3. The lowest BCUT2D eigenvalue weighted by atomic mass is 9.95. The van der Waals surface area contributed by atoms with Gasteiger partial charge in [0.2, 0.25) is 5.91 Å². The molecule has 204 valence electrons. The summed E-state index contributed by atoms with van der Waals surface area (Å²) < 4.78 is 16.2. The van der Waals surface area contributed by atoms with Crippen LogP contribution in [0, 0.1) is 0 Å². The Morgan fingerprint density at radius 2 is 1.63 bits per heavy atom. The molecule has 2 heterocycles. The Bertz CT molecular complexity index is 683. The van der Waals surface area contributed by atoms with Gasteiger partial charge < -0.3 is 60.4 Å². The summed E-state index contributed by atoms with van der Waals surface area (Å²) in [5, 5.41) is 66.2. The second-order valence-corrected chi connectivity index (χ2v) is 8.63. The standard InChI is InChI=1S/C21H39N3O11/c1-4-24(5-2)8-6-7-22-19(31)18-15(29)14(28)16(30)21(35-18)34-17-12(23-10(3)26)20(32)33-11(9-25)13(17)27/h11-18,20-21,25,27-30,32H,4-9H2,1-3H3,(H,22,31)(H,23,26)/t11-,12-,13-,14+,15+,16-,17-,18+,20-,21-/m1/s1. The molecule has 2 saturated heterocycles. The van der Waals surface area contributed by atoms with Crippen LogP contribution in [0.1, 0.15) is 27.2 Å². The number of aliphatic hydroxyl groups is 6. The van der Waals surface area contributed by atoms with Gasteiger partial charge in [-0.15, -0.1) is 0 Å². The van der Waals surface area contributed by atoms with Crippen LogP contribution in [0.2, 0.25) is 0 Å². The maximum absolute atomic E-state index is 12.6. The molecule has 2 amide bonds. The zero-order valence-electron chi connectivity index (χ0n) is 20.2. The Hall–Kier alpha value is -1.46. The number of amides is 2. The minimum absolute atomic E-state index is 0.278. The number of hydrogen-bond donors (Lipinski definition) is 8. The van der Waals surface area contributed by atoms with Crippen molar-refractivity contribution in [1.29, 1.82) is 0 Å². The van der Waals surface area contributed by atoms with E-state index < -0.39 is 79.8 Å². The van der Waals surface area contributed by atoms with Crippen molar-refractivity contribution < 1.29 is 54.4 Å². The van der Waals surface area contributed by atoms with Gasteiger partial charge in [-0.1, -0.05) is 13.8 Å². The number of aliphatic hydroxyl groups excluding tert-OH is 6. The van der Waals surface area contributed by atoms with Gasteiger partial charge in [-0.05, 0) is 26.1 Å². The van der Waals surface area contributed by atoms with E-state index in [4.69, 9.17) is 14.2 Å². The molecule has 0 bridgehead atoms. The van der Waals surface area contributed by atoms with Gasteiger partial charge >= 0.3 is 0 Å². The monoisotopic (exact) mass is 509 g/mol. The summed E-state index contributed by atoms with van der Waals surface area (Å²) in [6.07, 6.45) is -14.2. The van der Waals surface area contributed by atoms with Gasteiger partial charge in [0.25, 0.3) is 5.91 Å². The molecule has 35 heavy (non-hydrogen) atoms. The van der Waals surface area contributed by atoms with E-state index in [1.165, 1.54) is 0 Å². The van der Waals surface area contributed by atoms with Crippen LogP contribution in [-0.2, 0) is 23.8 Å². The molecule has 0 unspecified atom stereocenters. The van der Waals surface area contributed by atoms with Gasteiger partial charge in [0.05, 0.1) is 6.61 Å². The topological polar surface area (TPSA) is 211 Å². The molecule has 0 aliphatic carbocycles. The fourth-order valence-electron chi connectivity index (χ4n) is 4.12. The Kier molecular flexibility index (Phi) is 11.7. The molecule has 0 aromatic carbocycles. The lowest BCUT2D eigenvalue weighted by Gasteiger charge is -2.46. The first-order valence-electron chi connectivity index (χ1n) is 11.8. The number of nitrogens with one attached hydrogen (secondary N) is 2. The molecule has 0 saturated carbocycles. The third-order valence-electron chi connectivity index (χ3n) is 6.21. The summed E-state index contributed by atoms with van der Waals surface area (Å²) in [7, 11) is 0. The van der Waals surface area contributed by atoms with Gasteiger partial charge in [0, 0.05) is 13.5 Å². The average molecular weight is 510 g/mol. The Morgan fingerprint density at radius 1 is 0.971 bits per heavy atom. The van der Waals surface area contributed by atoms with Crippen LogP contribution in [0.4, 0.5) is 0 Å². The minimum Gasteiger partial charge on any atom is -0.394 e. The largest absolute Gasteiger partial charge is 0.394 e. The molecule has 0 aromatic rings. The fraction of sp³-hybridized carbons (Fsp3) is 0.905. The Balaban J connectivity index is 2.10. The molecule has 2 aliphatic heterocycles. The summed E-state index contributed by atoms with van der Waals surface area (Å²) in [5.41, 5.74) is 0. The summed E-state index contributed by atoms with van der Waals surface area (Å²) in [5.74, 6) is -1.33. The molecule has 2 rings (SSSR count). The van der Waals surface area contributed by atoms with Crippen LogP contribution in [0.3, 0.4) is 0 Å². The maximum atomic E-state index is 12.6. The third kappa shape index (κ3) is 7.52. The molecule has 10 atom stereocenters. The van der Waals surface area contributed by atoms with Crippen LogP contribution in [0.5, 0.6) is 0 Å². The third-order valence-corrected chi connectivity index (χ3v) is 6.21. The molecule has 0 radical (unpaired) electrons. The minimum atomic E-state index is -1.84. The van der Waals surface area contributed by atoms with E-state index in [0.29, 0.717) is 6.42 Å². The summed E-state index contributed by atoms with van der Waals surface area (Å²) in [6.45, 7) is 7.25. The number of ether oxygens (including phenoxy) is 3. The van der Waals surface area contributed by atoms with Crippen molar-refractivity contribution in [3.8, 4) is 0 Å². The van der Waals surface area contributed by atoms with Crippen LogP contribution < -0.4 is 10.6 Å². The SMILES string of the molecule is CCN(CC)CCCNC(=O)[C@H]1O[C@@H](O[C@H]2[C@H](O)[C@@H](CO)O[C@@H](O)[C@@H]2NC(C)=O)[C@H](O)[C@@H](O)[C@@H]1O. The molecular weight excluding hydrogens is 470 g/mol. The van der Waals surface area contributed by atoms with Crippen LogP contribution in [0.15, 0.2) is 0 Å². The van der Waals surface area contributed by atoms with Crippen molar-refractivity contribution >= 4 is 11.8 Å². The normalized spacial score (nSPS) is 37.8. The number of hydrogen-bond acceptors (Lipinski definition) is 12. The Morgan fingerprint density at radius 3 is 2.20 bits per heavy atom. The van der Waals surface area contributed by atoms with E-state index in [1.807, 2.05) is 13.8 Å². The first-order valence-corrected chi connectivity index (χ1v) is 11.8. The van der Waals surface area contributed by atoms with E-state index in [2.05, 4.69) is 15.5 Å². The lowest BCUT2D eigenvalue weighted by Crippen LogP contribution is -2.68. The van der Waals surface area contributed by atoms with E-state index in [1.54, 1.807) is 0 Å². The molecule has 2 fully saturated rings. The highest BCUT2D eigenvalue weighted by atomic mass is 16.7.